The molecule has 7 heteroatoms. The van der Waals surface area contributed by atoms with E-state index in [1.807, 2.05) is 27.8 Å². The van der Waals surface area contributed by atoms with Crippen LogP contribution in [0, 0.1) is 0 Å². The molecular weight excluding hydrogens is 304 g/mol. The minimum absolute atomic E-state index is 0.148. The second-order valence-corrected chi connectivity index (χ2v) is 9.52. The van der Waals surface area contributed by atoms with Crippen molar-refractivity contribution in [3.05, 3.63) is 0 Å². The van der Waals surface area contributed by atoms with Gasteiger partial charge in [0.05, 0.1) is 5.75 Å². The maximum absolute atomic E-state index is 11.7. The summed E-state index contributed by atoms with van der Waals surface area (Å²) in [5.41, 5.74) is -0.479. The predicted molar refractivity (Wildman–Crippen MR) is 87.8 cm³/mol. The van der Waals surface area contributed by atoms with Gasteiger partial charge < -0.3 is 15.0 Å². The van der Waals surface area contributed by atoms with Crippen molar-refractivity contribution in [2.75, 3.05) is 25.6 Å². The maximum Gasteiger partial charge on any atom is 0.407 e. The van der Waals surface area contributed by atoms with Crippen LogP contribution in [0.2, 0.25) is 0 Å². The Bertz CT molecular complexity index is 462. The summed E-state index contributed by atoms with van der Waals surface area (Å²) in [5.74, 6) is 0.194. The fourth-order valence-corrected chi connectivity index (χ4v) is 3.25. The van der Waals surface area contributed by atoms with E-state index in [0.29, 0.717) is 12.6 Å². The summed E-state index contributed by atoms with van der Waals surface area (Å²) in [6.07, 6.45) is 4.62. The molecule has 130 valence electrons. The van der Waals surface area contributed by atoms with E-state index in [1.54, 1.807) is 0 Å². The van der Waals surface area contributed by atoms with Gasteiger partial charge in [0.1, 0.15) is 15.4 Å². The third kappa shape index (κ3) is 7.98. The van der Waals surface area contributed by atoms with Gasteiger partial charge in [0, 0.05) is 24.9 Å². The Labute approximate surface area is 134 Å². The molecule has 0 heterocycles. The average molecular weight is 334 g/mol. The molecule has 0 aromatic carbocycles. The van der Waals surface area contributed by atoms with E-state index in [4.69, 9.17) is 4.74 Å². The highest BCUT2D eigenvalue weighted by molar-refractivity contribution is 7.90. The number of hydrogen-bond acceptors (Lipinski definition) is 5. The molecule has 0 saturated heterocycles. The molecule has 1 aliphatic carbocycles. The van der Waals surface area contributed by atoms with E-state index in [-0.39, 0.29) is 17.9 Å². The molecule has 0 aromatic heterocycles. The number of amides is 1. The summed E-state index contributed by atoms with van der Waals surface area (Å²) in [7, 11) is -0.947. The number of ether oxygens (including phenoxy) is 1. The number of sulfone groups is 1. The third-order valence-electron chi connectivity index (χ3n) is 3.86. The monoisotopic (exact) mass is 334 g/mol. The molecule has 0 radical (unpaired) electrons. The van der Waals surface area contributed by atoms with Crippen molar-refractivity contribution in [3.63, 3.8) is 0 Å². The minimum Gasteiger partial charge on any atom is -0.444 e. The third-order valence-corrected chi connectivity index (χ3v) is 4.78. The summed E-state index contributed by atoms with van der Waals surface area (Å²) in [6, 6.07) is 0.535. The summed E-state index contributed by atoms with van der Waals surface area (Å²) in [6.45, 7) is 6.11. The molecule has 1 aliphatic rings. The normalized spacial score (nSPS) is 23.4. The first-order valence-electron chi connectivity index (χ1n) is 7.84. The molecule has 0 bridgehead atoms. The Morgan fingerprint density at radius 1 is 1.23 bits per heavy atom. The second kappa shape index (κ2) is 7.64. The summed E-state index contributed by atoms with van der Waals surface area (Å²) < 4.78 is 27.7. The number of nitrogens with zero attached hydrogens (tertiary/aromatic N) is 1. The van der Waals surface area contributed by atoms with Gasteiger partial charge in [-0.15, -0.1) is 0 Å². The summed E-state index contributed by atoms with van der Waals surface area (Å²) in [4.78, 5) is 13.9. The lowest BCUT2D eigenvalue weighted by Crippen LogP contribution is -2.45. The molecule has 0 aliphatic heterocycles. The molecule has 1 amide bonds. The lowest BCUT2D eigenvalue weighted by atomic mass is 9.90. The van der Waals surface area contributed by atoms with E-state index in [0.717, 1.165) is 25.7 Å². The Morgan fingerprint density at radius 2 is 1.77 bits per heavy atom. The average Bonchev–Trinajstić information content (AvgIpc) is 2.33. The Hall–Kier alpha value is -0.820. The van der Waals surface area contributed by atoms with E-state index >= 15 is 0 Å². The lowest BCUT2D eigenvalue weighted by molar-refractivity contribution is 0.0481. The van der Waals surface area contributed by atoms with E-state index < -0.39 is 15.4 Å². The first kappa shape index (κ1) is 19.2. The molecule has 0 aromatic rings. The Kier molecular flexibility index (Phi) is 6.67. The molecular formula is C15H30N2O4S. The number of carbonyl (C=O) groups is 1. The van der Waals surface area contributed by atoms with Gasteiger partial charge in [0.25, 0.3) is 0 Å². The minimum atomic E-state index is -2.92. The molecule has 0 atom stereocenters. The highest BCUT2D eigenvalue weighted by atomic mass is 32.2. The van der Waals surface area contributed by atoms with E-state index in [9.17, 15) is 13.2 Å². The van der Waals surface area contributed by atoms with Crippen molar-refractivity contribution in [2.45, 2.75) is 64.1 Å². The first-order valence-corrected chi connectivity index (χ1v) is 9.90. The van der Waals surface area contributed by atoms with Gasteiger partial charge in [-0.05, 0) is 53.5 Å². The molecule has 1 saturated carbocycles. The van der Waals surface area contributed by atoms with Gasteiger partial charge in [0.2, 0.25) is 0 Å². The highest BCUT2D eigenvalue weighted by Gasteiger charge is 2.26. The summed E-state index contributed by atoms with van der Waals surface area (Å²) >= 11 is 0. The van der Waals surface area contributed by atoms with Gasteiger partial charge in [-0.1, -0.05) is 0 Å². The van der Waals surface area contributed by atoms with Gasteiger partial charge in [-0.2, -0.15) is 0 Å². The highest BCUT2D eigenvalue weighted by Crippen LogP contribution is 2.22. The number of rotatable bonds is 5. The number of carbonyl (C=O) groups excluding carboxylic acids is 1. The van der Waals surface area contributed by atoms with Crippen LogP contribution in [-0.2, 0) is 14.6 Å². The van der Waals surface area contributed by atoms with Crippen molar-refractivity contribution in [1.82, 2.24) is 10.2 Å². The van der Waals surface area contributed by atoms with Crippen LogP contribution in [0.3, 0.4) is 0 Å². The second-order valence-electron chi connectivity index (χ2n) is 7.26. The number of hydrogen-bond donors (Lipinski definition) is 1. The molecule has 22 heavy (non-hydrogen) atoms. The van der Waals surface area contributed by atoms with Gasteiger partial charge in [-0.25, -0.2) is 13.2 Å². The Morgan fingerprint density at radius 3 is 2.23 bits per heavy atom. The number of alkyl carbamates (subject to hydrolysis) is 1. The number of nitrogens with one attached hydrogen (secondary N) is 1. The van der Waals surface area contributed by atoms with Crippen LogP contribution in [0.5, 0.6) is 0 Å². The van der Waals surface area contributed by atoms with Crippen molar-refractivity contribution < 1.29 is 17.9 Å². The molecule has 1 N–H and O–H groups in total. The zero-order valence-electron chi connectivity index (χ0n) is 14.4. The fourth-order valence-electron chi connectivity index (χ4n) is 2.63. The molecule has 0 unspecified atom stereocenters. The van der Waals surface area contributed by atoms with Gasteiger partial charge in [-0.3, -0.25) is 0 Å². The largest absolute Gasteiger partial charge is 0.444 e. The van der Waals surface area contributed by atoms with Crippen molar-refractivity contribution in [3.8, 4) is 0 Å². The van der Waals surface area contributed by atoms with Crippen molar-refractivity contribution in [2.24, 2.45) is 0 Å². The smallest absolute Gasteiger partial charge is 0.407 e. The molecule has 1 rings (SSSR count). The van der Waals surface area contributed by atoms with Gasteiger partial charge >= 0.3 is 6.09 Å². The van der Waals surface area contributed by atoms with Crippen molar-refractivity contribution >= 4 is 15.9 Å². The van der Waals surface area contributed by atoms with Crippen LogP contribution < -0.4 is 5.32 Å². The SMILES string of the molecule is CN(CCS(C)(=O)=O)[C@H]1CC[C@H](NC(=O)OC(C)(C)C)CC1. The molecule has 6 nitrogen and oxygen atoms in total. The van der Waals surface area contributed by atoms with Crippen LogP contribution in [0.1, 0.15) is 46.5 Å². The van der Waals surface area contributed by atoms with Crippen LogP contribution in [0.15, 0.2) is 0 Å². The summed E-state index contributed by atoms with van der Waals surface area (Å²) in [5, 5.41) is 2.92. The standard InChI is InChI=1S/C15H30N2O4S/c1-15(2,3)21-14(18)16-12-6-8-13(9-7-12)17(4)10-11-22(5,19)20/h12-13H,6-11H2,1-5H3,(H,16,18)/t12-,13-. The van der Waals surface area contributed by atoms with Crippen LogP contribution in [0.25, 0.3) is 0 Å². The maximum atomic E-state index is 11.7. The van der Waals surface area contributed by atoms with Crippen LogP contribution in [-0.4, -0.2) is 62.7 Å². The predicted octanol–water partition coefficient (Wildman–Crippen LogP) is 1.80. The quantitative estimate of drug-likeness (QED) is 0.830. The zero-order valence-corrected chi connectivity index (χ0v) is 15.2. The molecule has 1 fully saturated rings. The van der Waals surface area contributed by atoms with Crippen LogP contribution in [0.4, 0.5) is 4.79 Å². The zero-order chi connectivity index (χ0) is 17.0. The van der Waals surface area contributed by atoms with Crippen molar-refractivity contribution in [1.29, 1.82) is 0 Å². The topological polar surface area (TPSA) is 75.7 Å². The Balaban J connectivity index is 2.32. The molecule has 0 spiro atoms. The fraction of sp³-hybridized carbons (Fsp3) is 0.933. The lowest BCUT2D eigenvalue weighted by Gasteiger charge is -2.35. The van der Waals surface area contributed by atoms with Crippen LogP contribution >= 0.6 is 0 Å². The first-order chi connectivity index (χ1) is 9.96. The van der Waals surface area contributed by atoms with E-state index in [1.165, 1.54) is 6.26 Å². The van der Waals surface area contributed by atoms with E-state index in [2.05, 4.69) is 10.2 Å². The van der Waals surface area contributed by atoms with Gasteiger partial charge in [0.15, 0.2) is 0 Å².